The highest BCUT2D eigenvalue weighted by atomic mass is 127. The van der Waals surface area contributed by atoms with Gasteiger partial charge in [0.15, 0.2) is 17.3 Å². The Morgan fingerprint density at radius 2 is 0.800 bits per heavy atom. The summed E-state index contributed by atoms with van der Waals surface area (Å²) in [5.74, 6) is 2.13. The van der Waals surface area contributed by atoms with Crippen LogP contribution < -0.4 is 14.7 Å². The molecular weight excluding hydrogens is 1370 g/mol. The van der Waals surface area contributed by atoms with E-state index >= 15 is 0 Å². The zero-order valence-corrected chi connectivity index (χ0v) is 58.3. The molecule has 0 spiro atoms. The molecule has 0 saturated carbocycles. The molecule has 0 radical (unpaired) electrons. The minimum absolute atomic E-state index is 0. The SMILES string of the molecule is C.Cn1cc(-c2ccc3cnc(CC(=O)c4ccnc(N5CCCCC5)c4)cc3c2)nn1.I.[2H]C([2H])(C)N1CCN(c2cc(C(=O)Cc3cc4cc(-c5cn(C)nn5)ccc4cn3)ccn2)CC1.[2H]C([2H])([2H])[N+]1(C([2H])([2H])C)CCN(c2cc(C(=O)Cc3cc4cc(-c5cn(C)nn5)ccc4cn3)ccn2)CC1. The predicted molar refractivity (Wildman–Crippen MR) is 403 cm³/mol. The number of likely N-dealkylation sites (N-methyl/N-ethyl adjacent to an activating group) is 2. The van der Waals surface area contributed by atoms with E-state index in [2.05, 4.69) is 76.7 Å². The van der Waals surface area contributed by atoms with Crippen LogP contribution in [0, 0.1) is 0 Å². The molecule has 15 rings (SSSR count). The van der Waals surface area contributed by atoms with Gasteiger partial charge in [-0.05, 0) is 122 Å². The number of carbonyl (C=O) groups excluding carboxylic acids is 3. The van der Waals surface area contributed by atoms with Gasteiger partial charge in [0.25, 0.3) is 0 Å². The molecule has 3 aromatic carbocycles. The topological polar surface area (TPSA) is 234 Å². The summed E-state index contributed by atoms with van der Waals surface area (Å²) in [5.41, 5.74) is 9.13. The number of hydrogen-bond donors (Lipinski definition) is 0. The van der Waals surface area contributed by atoms with Crippen LogP contribution in [0.5, 0.6) is 0 Å². The van der Waals surface area contributed by atoms with E-state index < -0.39 is 24.5 Å². The maximum absolute atomic E-state index is 13.2. The first-order valence-corrected chi connectivity index (χ1v) is 32.9. The number of hydrogen-bond acceptors (Lipinski definition) is 19. The lowest BCUT2D eigenvalue weighted by molar-refractivity contribution is -0.908. The summed E-state index contributed by atoms with van der Waals surface area (Å²) in [6, 6.07) is 34.6. The Bertz CT molecular complexity index is 5140. The smallest absolute Gasteiger partial charge is 0.169 e. The van der Waals surface area contributed by atoms with Gasteiger partial charge in [-0.15, -0.1) is 39.3 Å². The van der Waals surface area contributed by atoms with Gasteiger partial charge in [-0.3, -0.25) is 43.4 Å². The molecule has 3 saturated heterocycles. The van der Waals surface area contributed by atoms with E-state index in [1.807, 2.05) is 135 Å². The number of nitrogens with zero attached hydrogens (tertiary/aromatic N) is 20. The van der Waals surface area contributed by atoms with E-state index in [0.29, 0.717) is 73.2 Å². The van der Waals surface area contributed by atoms with E-state index in [1.165, 1.54) is 26.2 Å². The number of Topliss-reactive ketones (excluding diaryl/α,β-unsaturated/α-hetero) is 3. The lowest BCUT2D eigenvalue weighted by Gasteiger charge is -2.41. The van der Waals surface area contributed by atoms with E-state index in [-0.39, 0.29) is 81.1 Å². The first-order valence-electron chi connectivity index (χ1n) is 36.4. The average molecular weight is 1460 g/mol. The largest absolute Gasteiger partial charge is 0.357 e. The molecule has 100 heavy (non-hydrogen) atoms. The number of fused-ring (bicyclic) bond motifs is 3. The fourth-order valence-electron chi connectivity index (χ4n) is 12.4. The normalized spacial score (nSPS) is 16.0. The molecule has 0 aliphatic carbocycles. The number of piperidine rings is 1. The van der Waals surface area contributed by atoms with Gasteiger partial charge in [-0.2, -0.15) is 0 Å². The van der Waals surface area contributed by atoms with Crippen LogP contribution in [0.2, 0.25) is 0 Å². The second kappa shape index (κ2) is 32.2. The number of piperazine rings is 2. The lowest BCUT2D eigenvalue weighted by Crippen LogP contribution is -2.57. The number of aromatic nitrogens is 15. The van der Waals surface area contributed by atoms with E-state index in [4.69, 9.17) is 9.60 Å². The second-order valence-corrected chi connectivity index (χ2v) is 24.9. The Hall–Kier alpha value is -10.2. The van der Waals surface area contributed by atoms with Gasteiger partial charge in [-0.1, -0.05) is 66.4 Å². The van der Waals surface area contributed by atoms with E-state index in [1.54, 1.807) is 76.2 Å². The van der Waals surface area contributed by atoms with Crippen molar-refractivity contribution in [2.75, 3.05) is 100 Å². The minimum atomic E-state index is -2.47. The zero-order chi connectivity index (χ0) is 73.8. The summed E-state index contributed by atoms with van der Waals surface area (Å²) in [6.07, 6.45) is 20.1. The Morgan fingerprint density at radius 1 is 0.440 bits per heavy atom. The Morgan fingerprint density at radius 3 is 1.13 bits per heavy atom. The van der Waals surface area contributed by atoms with Crippen LogP contribution >= 0.6 is 24.0 Å². The third kappa shape index (κ3) is 17.3. The highest BCUT2D eigenvalue weighted by Crippen LogP contribution is 2.29. The van der Waals surface area contributed by atoms with Crippen molar-refractivity contribution in [1.29, 1.82) is 0 Å². The molecule has 0 bridgehead atoms. The van der Waals surface area contributed by atoms with Crippen molar-refractivity contribution in [3.8, 4) is 33.8 Å². The molecule has 0 atom stereocenters. The standard InChI is InChI=1S/C26H30N7O.C25H27N7O.C24H24N6O.CH4.HI/c1-4-33(3)11-9-32(10-12-33)26-15-20(7-8-27-26)25(34)16-23-14-22-13-19(5-6-21(22)17-28-23)24-18-31(2)30-29-24;1-3-31-8-10-32(11-9-31)25-14-19(6-7-26-25)24(33)15-22-13-21-12-18(4-5-20(21)16-27-22)23-17-30(2)29-28-23;1-29-16-22(27-28-29)17-5-6-19-15-26-21(12-20(19)11-17)14-23(31)18-7-8-25-24(13-18)30-9-3-2-4-10-30;;/h5-8,13-15,17-18H,4,9-12,16H2,1-3H3;4-7,12-14,16-17H,3,8-11,15H2,1-2H3;5-8,11-13,15-16H,2-4,9-10,14H2,1H3;1H4;1H/q+1;;;;/i3D3,4D2;3D2;;;. The number of anilines is 3. The number of ketones is 3. The molecule has 12 heterocycles. The maximum atomic E-state index is 13.2. The van der Waals surface area contributed by atoms with Crippen molar-refractivity contribution in [1.82, 2.24) is 79.8 Å². The first kappa shape index (κ1) is 62.1. The number of carbonyl (C=O) groups is 3. The fourth-order valence-corrected chi connectivity index (χ4v) is 12.4. The molecule has 0 N–H and O–H groups in total. The van der Waals surface area contributed by atoms with Crippen LogP contribution in [0.3, 0.4) is 0 Å². The molecule has 0 amide bonds. The van der Waals surface area contributed by atoms with Gasteiger partial charge in [0.1, 0.15) is 34.5 Å². The molecule has 12 aromatic rings. The molecule has 514 valence electrons. The fraction of sp³-hybridized carbons (Fsp3) is 0.329. The third-order valence-electron chi connectivity index (χ3n) is 18.1. The molecule has 0 unspecified atom stereocenters. The number of quaternary nitrogens is 1. The lowest BCUT2D eigenvalue weighted by atomic mass is 10.0. The van der Waals surface area contributed by atoms with Crippen molar-refractivity contribution in [3.05, 3.63) is 199 Å². The number of aryl methyl sites for hydroxylation is 3. The minimum Gasteiger partial charge on any atom is -0.357 e. The van der Waals surface area contributed by atoms with Crippen molar-refractivity contribution >= 4 is 91.1 Å². The summed E-state index contributed by atoms with van der Waals surface area (Å²) in [5, 5.41) is 30.5. The molecule has 9 aromatic heterocycles. The average Bonchev–Trinajstić information content (AvgIpc) is 1.22. The van der Waals surface area contributed by atoms with Gasteiger partial charge in [0, 0.05) is 167 Å². The van der Waals surface area contributed by atoms with Crippen molar-refractivity contribution in [2.45, 2.75) is 59.8 Å². The molecule has 3 aliphatic heterocycles. The van der Waals surface area contributed by atoms with Gasteiger partial charge in [0.2, 0.25) is 0 Å². The highest BCUT2D eigenvalue weighted by molar-refractivity contribution is 14.0. The summed E-state index contributed by atoms with van der Waals surface area (Å²) >= 11 is 0. The number of pyridine rings is 6. The Labute approximate surface area is 609 Å². The second-order valence-electron chi connectivity index (χ2n) is 24.9. The monoisotopic (exact) mass is 1460 g/mol. The Balaban J connectivity index is 0.000000159. The molecule has 3 aliphatic rings. The molecule has 3 fully saturated rings. The number of rotatable bonds is 17. The van der Waals surface area contributed by atoms with E-state index in [9.17, 15) is 14.4 Å². The van der Waals surface area contributed by atoms with Gasteiger partial charge >= 0.3 is 0 Å². The summed E-state index contributed by atoms with van der Waals surface area (Å²) < 4.78 is 60.5. The van der Waals surface area contributed by atoms with Crippen LogP contribution in [0.4, 0.5) is 17.5 Å². The van der Waals surface area contributed by atoms with Crippen LogP contribution in [0.15, 0.2) is 165 Å². The van der Waals surface area contributed by atoms with E-state index in [0.717, 1.165) is 96.5 Å². The van der Waals surface area contributed by atoms with Crippen LogP contribution in [-0.4, -0.2) is 187 Å². The van der Waals surface area contributed by atoms with Crippen molar-refractivity contribution in [3.63, 3.8) is 0 Å². The predicted octanol–water partition coefficient (Wildman–Crippen LogP) is 11.2. The first-order chi connectivity index (χ1) is 50.3. The van der Waals surface area contributed by atoms with Gasteiger partial charge in [-0.25, -0.2) is 15.0 Å². The third-order valence-corrected chi connectivity index (χ3v) is 18.1. The van der Waals surface area contributed by atoms with Crippen LogP contribution in [0.25, 0.3) is 66.1 Å². The number of halogens is 1. The summed E-state index contributed by atoms with van der Waals surface area (Å²) in [6.45, 7) is 2.60. The summed E-state index contributed by atoms with van der Waals surface area (Å²) in [4.78, 5) is 74.2. The zero-order valence-electron chi connectivity index (χ0n) is 63.0. The van der Waals surface area contributed by atoms with Crippen LogP contribution in [0.1, 0.15) is 98.3 Å². The van der Waals surface area contributed by atoms with Crippen molar-refractivity contribution in [2.24, 2.45) is 21.1 Å². The quantitative estimate of drug-likeness (QED) is 0.0468. The van der Waals surface area contributed by atoms with Crippen LogP contribution in [-0.2, 0) is 40.4 Å². The Kier molecular flexibility index (Phi) is 20.0. The maximum Gasteiger partial charge on any atom is 0.169 e. The summed E-state index contributed by atoms with van der Waals surface area (Å²) in [7, 11) is 5.50. The molecular formula is C76H86IN20O3+. The van der Waals surface area contributed by atoms with Gasteiger partial charge < -0.3 is 24.1 Å². The highest BCUT2D eigenvalue weighted by Gasteiger charge is 2.28. The number of benzene rings is 3. The molecule has 24 heteroatoms. The van der Waals surface area contributed by atoms with Gasteiger partial charge in [0.05, 0.1) is 84.4 Å². The van der Waals surface area contributed by atoms with Crippen molar-refractivity contribution < 1.29 is 28.5 Å². The molecule has 23 nitrogen and oxygen atoms in total.